The van der Waals surface area contributed by atoms with Crippen LogP contribution in [0.15, 0.2) is 176 Å². The lowest BCUT2D eigenvalue weighted by Crippen LogP contribution is -2.49. The fraction of sp³-hybridized carbons (Fsp3) is 0.390. The van der Waals surface area contributed by atoms with Gasteiger partial charge in [0.15, 0.2) is 8.32 Å². The van der Waals surface area contributed by atoms with Crippen molar-refractivity contribution in [1.82, 2.24) is 9.80 Å². The summed E-state index contributed by atoms with van der Waals surface area (Å²) < 4.78 is 25.8. The molecule has 0 bridgehead atoms. The number of hydrogen-bond donors (Lipinski definition) is 0. The van der Waals surface area contributed by atoms with Gasteiger partial charge >= 0.3 is 0 Å². The minimum absolute atomic E-state index is 0.0108. The van der Waals surface area contributed by atoms with Crippen molar-refractivity contribution in [2.45, 2.75) is 122 Å². The van der Waals surface area contributed by atoms with Gasteiger partial charge in [0.25, 0.3) is 0 Å². The van der Waals surface area contributed by atoms with E-state index in [4.69, 9.17) is 13.9 Å². The van der Waals surface area contributed by atoms with Crippen molar-refractivity contribution in [2.75, 3.05) is 19.7 Å². The largest absolute Gasteiger partial charge is 0.483 e. The topological polar surface area (TPSA) is 34.2 Å². The molecule has 10 heteroatoms. The van der Waals surface area contributed by atoms with E-state index in [1.54, 1.807) is 0 Å². The Balaban J connectivity index is 1.38. The van der Waals surface area contributed by atoms with Crippen LogP contribution in [0.25, 0.3) is 0 Å². The Morgan fingerprint density at radius 3 is 1.10 bits per heavy atom. The molecule has 0 spiro atoms. The number of halogens is 4. The first-order valence-electron chi connectivity index (χ1n) is 24.7. The van der Waals surface area contributed by atoms with Crippen molar-refractivity contribution in [3.05, 3.63) is 198 Å². The molecule has 0 aliphatic rings. The second-order valence-electron chi connectivity index (χ2n) is 19.4. The Morgan fingerprint density at radius 1 is 0.420 bits per heavy atom. The van der Waals surface area contributed by atoms with Crippen LogP contribution in [0.3, 0.4) is 0 Å². The lowest BCUT2D eigenvalue weighted by atomic mass is 9.96. The van der Waals surface area contributed by atoms with E-state index < -0.39 is 8.32 Å². The molecule has 6 aromatic carbocycles. The Labute approximate surface area is 449 Å². The zero-order valence-corrected chi connectivity index (χ0v) is 49.1. The van der Waals surface area contributed by atoms with Gasteiger partial charge < -0.3 is 13.9 Å². The van der Waals surface area contributed by atoms with Crippen LogP contribution in [0, 0.1) is 5.92 Å². The summed E-state index contributed by atoms with van der Waals surface area (Å²) in [7, 11) is -2.19. The van der Waals surface area contributed by atoms with Crippen LogP contribution < -0.4 is 9.47 Å². The summed E-state index contributed by atoms with van der Waals surface area (Å²) in [6.07, 6.45) is 1.45. The average molecular weight is 1200 g/mol. The lowest BCUT2D eigenvalue weighted by Gasteiger charge is -2.43. The van der Waals surface area contributed by atoms with Crippen molar-refractivity contribution >= 4 is 72.0 Å². The Bertz CT molecular complexity index is 2280. The second kappa shape index (κ2) is 27.1. The van der Waals surface area contributed by atoms with Crippen molar-refractivity contribution in [1.29, 1.82) is 0 Å². The van der Waals surface area contributed by atoms with Gasteiger partial charge in [-0.2, -0.15) is 0 Å². The molecule has 0 N–H and O–H groups in total. The van der Waals surface area contributed by atoms with Crippen LogP contribution in [0.2, 0.25) is 16.6 Å². The first-order chi connectivity index (χ1) is 33.2. The van der Waals surface area contributed by atoms with Gasteiger partial charge in [0.1, 0.15) is 23.7 Å². The SMILES string of the molecule is CC(C)[Si](OCC(CCN(Cc1ccccc1Br)[C@H](C)[C@@H](Oc1ccccc1Br)c1ccccc1)CCN(Cc1ccccc1Br)[C@H](C)[C@@H](Oc1ccccc1Br)c1ccccc1)(C(C)C)C(C)C. The van der Waals surface area contributed by atoms with Crippen LogP contribution in [0.4, 0.5) is 0 Å². The summed E-state index contributed by atoms with van der Waals surface area (Å²) in [6, 6.07) is 55.1. The van der Waals surface area contributed by atoms with E-state index in [9.17, 15) is 0 Å². The number of para-hydroxylation sites is 2. The number of hydrogen-bond acceptors (Lipinski definition) is 5. The highest BCUT2D eigenvalue weighted by Gasteiger charge is 2.45. The Morgan fingerprint density at radius 2 is 0.754 bits per heavy atom. The second-order valence-corrected chi connectivity index (χ2v) is 28.3. The highest BCUT2D eigenvalue weighted by molar-refractivity contribution is 9.11. The predicted molar refractivity (Wildman–Crippen MR) is 306 cm³/mol. The van der Waals surface area contributed by atoms with Gasteiger partial charge in [0, 0.05) is 40.7 Å². The van der Waals surface area contributed by atoms with Crippen LogP contribution in [-0.4, -0.2) is 49.9 Å². The smallest absolute Gasteiger partial charge is 0.200 e. The Kier molecular flexibility index (Phi) is 21.7. The fourth-order valence-corrected chi connectivity index (χ4v) is 17.3. The molecule has 0 aromatic heterocycles. The maximum Gasteiger partial charge on any atom is 0.200 e. The van der Waals surface area contributed by atoms with Gasteiger partial charge in [-0.3, -0.25) is 9.80 Å². The zero-order chi connectivity index (χ0) is 49.5. The van der Waals surface area contributed by atoms with Crippen LogP contribution in [-0.2, 0) is 17.5 Å². The predicted octanol–water partition coefficient (Wildman–Crippen LogP) is 18.0. The quantitative estimate of drug-likeness (QED) is 0.0506. The normalized spacial score (nSPS) is 13.9. The molecular formula is C59H72Br4N2O3Si. The summed E-state index contributed by atoms with van der Waals surface area (Å²) in [4.78, 5) is 5.27. The van der Waals surface area contributed by atoms with Gasteiger partial charge in [-0.15, -0.1) is 0 Å². The molecule has 0 amide bonds. The molecule has 368 valence electrons. The van der Waals surface area contributed by atoms with Gasteiger partial charge in [-0.25, -0.2) is 0 Å². The third kappa shape index (κ3) is 15.0. The summed E-state index contributed by atoms with van der Waals surface area (Å²) in [5, 5.41) is 0. The number of nitrogens with zero attached hydrogens (tertiary/aromatic N) is 2. The van der Waals surface area contributed by atoms with Crippen LogP contribution in [0.5, 0.6) is 11.5 Å². The van der Waals surface area contributed by atoms with Crippen molar-refractivity contribution < 1.29 is 13.9 Å². The monoisotopic (exact) mass is 1200 g/mol. The highest BCUT2D eigenvalue weighted by Crippen LogP contribution is 2.43. The molecule has 0 aliphatic carbocycles. The lowest BCUT2D eigenvalue weighted by molar-refractivity contribution is 0.0527. The minimum Gasteiger partial charge on any atom is -0.483 e. The van der Waals surface area contributed by atoms with E-state index in [1.807, 2.05) is 24.3 Å². The van der Waals surface area contributed by atoms with Crippen molar-refractivity contribution in [2.24, 2.45) is 5.92 Å². The molecular weight excluding hydrogens is 1130 g/mol. The van der Waals surface area contributed by atoms with Crippen LogP contribution in [0.1, 0.15) is 103 Å². The molecule has 0 unspecified atom stereocenters. The first-order valence-corrected chi connectivity index (χ1v) is 30.0. The maximum atomic E-state index is 7.58. The van der Waals surface area contributed by atoms with E-state index in [-0.39, 0.29) is 30.2 Å². The van der Waals surface area contributed by atoms with Gasteiger partial charge in [-0.1, -0.05) is 195 Å². The standard InChI is InChI=1S/C59H72Br4N2O3Si/c1-42(2)69(43(3)4,44(5)6)66-41-47(35-37-64(39-50-27-15-17-29-52(50)60)45(7)58(48-23-11-9-12-24-48)67-56-33-21-19-31-54(56)62)36-38-65(40-51-28-16-18-30-53(51)61)46(8)59(49-25-13-10-14-26-49)68-57-34-22-20-32-55(57)63/h9-34,42-47,58-59H,35-41H2,1-8H3/t45-,46-,58-,59-/m1/s1. The molecule has 6 rings (SSSR count). The zero-order valence-electron chi connectivity index (χ0n) is 41.7. The summed E-state index contributed by atoms with van der Waals surface area (Å²) in [6.45, 7) is 23.0. The number of rotatable bonds is 26. The number of benzene rings is 6. The van der Waals surface area contributed by atoms with Gasteiger partial charge in [0.05, 0.1) is 8.95 Å². The molecule has 0 heterocycles. The number of ether oxygens (including phenoxy) is 2. The van der Waals surface area contributed by atoms with Crippen LogP contribution >= 0.6 is 63.7 Å². The van der Waals surface area contributed by atoms with Crippen molar-refractivity contribution in [3.63, 3.8) is 0 Å². The summed E-state index contributed by atoms with van der Waals surface area (Å²) in [5.41, 5.74) is 6.25. The third-order valence-corrected chi connectivity index (χ3v) is 23.0. The first kappa shape index (κ1) is 55.3. The molecule has 5 nitrogen and oxygen atoms in total. The van der Waals surface area contributed by atoms with Gasteiger partial charge in [-0.05, 0) is 153 Å². The molecule has 0 aliphatic heterocycles. The Hall–Kier alpha value is -3.06. The summed E-state index contributed by atoms with van der Waals surface area (Å²) >= 11 is 15.4. The van der Waals surface area contributed by atoms with E-state index in [0.29, 0.717) is 16.6 Å². The molecule has 0 fully saturated rings. The van der Waals surface area contributed by atoms with E-state index in [0.717, 1.165) is 86.1 Å². The maximum absolute atomic E-state index is 7.58. The van der Waals surface area contributed by atoms with Gasteiger partial charge in [0.2, 0.25) is 0 Å². The third-order valence-electron chi connectivity index (χ3n) is 14.1. The van der Waals surface area contributed by atoms with E-state index in [2.05, 4.69) is 262 Å². The molecule has 6 aromatic rings. The van der Waals surface area contributed by atoms with E-state index >= 15 is 0 Å². The molecule has 0 saturated heterocycles. The van der Waals surface area contributed by atoms with E-state index in [1.165, 1.54) is 11.1 Å². The molecule has 0 saturated carbocycles. The molecule has 4 atom stereocenters. The average Bonchev–Trinajstić information content (AvgIpc) is 3.34. The molecule has 69 heavy (non-hydrogen) atoms. The minimum atomic E-state index is -2.19. The summed E-state index contributed by atoms with van der Waals surface area (Å²) in [5.74, 6) is 1.94. The fourth-order valence-electron chi connectivity index (χ4n) is 10.2. The highest BCUT2D eigenvalue weighted by atomic mass is 79.9. The molecule has 0 radical (unpaired) electrons. The van der Waals surface area contributed by atoms with Crippen molar-refractivity contribution in [3.8, 4) is 11.5 Å².